The van der Waals surface area contributed by atoms with Crippen molar-refractivity contribution in [1.29, 1.82) is 0 Å². The summed E-state index contributed by atoms with van der Waals surface area (Å²) < 4.78 is 11.2. The number of hydrogen-bond donors (Lipinski definition) is 2. The van der Waals surface area contributed by atoms with Gasteiger partial charge in [-0.2, -0.15) is 0 Å². The normalized spacial score (nSPS) is 10.5. The predicted molar refractivity (Wildman–Crippen MR) is 172 cm³/mol. The number of nitrogens with one attached hydrogen (secondary N) is 2. The zero-order valence-electron chi connectivity index (χ0n) is 21.9. The molecule has 0 saturated carbocycles. The monoisotopic (exact) mass is 646 g/mol. The van der Waals surface area contributed by atoms with Crippen LogP contribution in [0, 0.1) is 0 Å². The van der Waals surface area contributed by atoms with Crippen LogP contribution in [0.15, 0.2) is 36.7 Å². The average molecular weight is 649 g/mol. The Bertz CT molecular complexity index is 715. The van der Waals surface area contributed by atoms with Gasteiger partial charge in [-0.05, 0) is 50.9 Å². The highest BCUT2D eigenvalue weighted by Gasteiger charge is 1.98. The van der Waals surface area contributed by atoms with Crippen LogP contribution >= 0.6 is 69.6 Å². The molecule has 2 N–H and O–H groups in total. The van der Waals surface area contributed by atoms with Gasteiger partial charge in [-0.25, -0.2) is 9.97 Å². The highest BCUT2D eigenvalue weighted by molar-refractivity contribution is 8.76. The minimum atomic E-state index is 0. The SMILES string of the molecule is Cl.Cl.Clc1ccc(OCCCCCCNCCSSCCNCCCCCCOc2ccc(Cl)cn2)nc1. The van der Waals surface area contributed by atoms with E-state index in [2.05, 4.69) is 20.6 Å². The maximum Gasteiger partial charge on any atom is 0.213 e. The van der Waals surface area contributed by atoms with Crippen molar-refractivity contribution in [3.63, 3.8) is 0 Å². The number of halogens is 4. The molecule has 0 saturated heterocycles. The summed E-state index contributed by atoms with van der Waals surface area (Å²) in [7, 11) is 3.92. The second-order valence-electron chi connectivity index (χ2n) is 8.30. The summed E-state index contributed by atoms with van der Waals surface area (Å²) in [5.41, 5.74) is 0. The molecule has 0 amide bonds. The van der Waals surface area contributed by atoms with Gasteiger partial charge < -0.3 is 20.1 Å². The summed E-state index contributed by atoms with van der Waals surface area (Å²) >= 11 is 11.6. The molecule has 38 heavy (non-hydrogen) atoms. The molecule has 0 aliphatic heterocycles. The highest BCUT2D eigenvalue weighted by atomic mass is 35.5. The molecule has 218 valence electrons. The lowest BCUT2D eigenvalue weighted by Gasteiger charge is -2.07. The molecule has 0 spiro atoms. The van der Waals surface area contributed by atoms with Crippen molar-refractivity contribution in [1.82, 2.24) is 20.6 Å². The Morgan fingerprint density at radius 2 is 1.00 bits per heavy atom. The lowest BCUT2D eigenvalue weighted by Crippen LogP contribution is -2.19. The Kier molecular flexibility index (Phi) is 26.7. The van der Waals surface area contributed by atoms with Crippen LogP contribution in [0.4, 0.5) is 0 Å². The van der Waals surface area contributed by atoms with Gasteiger partial charge in [-0.1, -0.05) is 70.5 Å². The van der Waals surface area contributed by atoms with Crippen LogP contribution in [-0.2, 0) is 0 Å². The van der Waals surface area contributed by atoms with E-state index in [-0.39, 0.29) is 24.8 Å². The van der Waals surface area contributed by atoms with Crippen LogP contribution in [0.3, 0.4) is 0 Å². The van der Waals surface area contributed by atoms with E-state index in [1.54, 1.807) is 24.5 Å². The highest BCUT2D eigenvalue weighted by Crippen LogP contribution is 2.19. The van der Waals surface area contributed by atoms with Crippen molar-refractivity contribution >= 4 is 69.6 Å². The van der Waals surface area contributed by atoms with Gasteiger partial charge in [0.1, 0.15) is 0 Å². The first-order valence-corrected chi connectivity index (χ1v) is 16.1. The second kappa shape index (κ2) is 26.9. The van der Waals surface area contributed by atoms with E-state index in [0.29, 0.717) is 35.0 Å². The third-order valence-electron chi connectivity index (χ3n) is 5.20. The van der Waals surface area contributed by atoms with Gasteiger partial charge in [0.2, 0.25) is 11.8 Å². The van der Waals surface area contributed by atoms with Crippen LogP contribution in [0.5, 0.6) is 11.8 Å². The molecule has 0 fully saturated rings. The van der Waals surface area contributed by atoms with E-state index in [4.69, 9.17) is 32.7 Å². The molecule has 6 nitrogen and oxygen atoms in total. The molecule has 12 heteroatoms. The molecule has 0 bridgehead atoms. The van der Waals surface area contributed by atoms with Gasteiger partial charge in [-0.15, -0.1) is 24.8 Å². The van der Waals surface area contributed by atoms with Crippen molar-refractivity contribution in [2.24, 2.45) is 0 Å². The van der Waals surface area contributed by atoms with Gasteiger partial charge in [0.05, 0.1) is 23.3 Å². The number of nitrogens with zero attached hydrogens (tertiary/aromatic N) is 2. The standard InChI is InChI=1S/C26H40Cl2N4O2S2.2ClH/c27-23-9-11-25(31-21-23)33-17-7-3-1-5-13-29-15-19-35-36-20-16-30-14-6-2-4-8-18-34-26-12-10-24(28)22-32-26;;/h9-12,21-22,29-30H,1-8,13-20H2;2*1H. The Labute approximate surface area is 259 Å². The van der Waals surface area contributed by atoms with Gasteiger partial charge in [-0.3, -0.25) is 0 Å². The molecule has 0 aliphatic rings. The van der Waals surface area contributed by atoms with Crippen molar-refractivity contribution in [3.8, 4) is 11.8 Å². The van der Waals surface area contributed by atoms with Gasteiger partial charge in [0.15, 0.2) is 0 Å². The lowest BCUT2D eigenvalue weighted by atomic mass is 10.2. The first-order chi connectivity index (χ1) is 17.7. The van der Waals surface area contributed by atoms with Gasteiger partial charge >= 0.3 is 0 Å². The van der Waals surface area contributed by atoms with Crippen LogP contribution in [0.2, 0.25) is 10.0 Å². The summed E-state index contributed by atoms with van der Waals surface area (Å²) in [6.45, 7) is 5.77. The fraction of sp³-hybridized carbons (Fsp3) is 0.615. The van der Waals surface area contributed by atoms with E-state index in [9.17, 15) is 0 Å². The van der Waals surface area contributed by atoms with E-state index >= 15 is 0 Å². The Balaban J connectivity index is 0.00000684. The van der Waals surface area contributed by atoms with Crippen molar-refractivity contribution in [2.45, 2.75) is 51.4 Å². The molecule has 0 aliphatic carbocycles. The number of pyridine rings is 2. The zero-order valence-corrected chi connectivity index (χ0v) is 26.7. The minimum Gasteiger partial charge on any atom is -0.478 e. The molecule has 0 atom stereocenters. The number of rotatable bonds is 23. The minimum absolute atomic E-state index is 0. The second-order valence-corrected chi connectivity index (χ2v) is 11.9. The molecule has 2 heterocycles. The lowest BCUT2D eigenvalue weighted by molar-refractivity contribution is 0.293. The average Bonchev–Trinajstić information content (AvgIpc) is 2.89. The number of unbranched alkanes of at least 4 members (excludes halogenated alkanes) is 6. The summed E-state index contributed by atoms with van der Waals surface area (Å²) in [6, 6.07) is 7.22. The van der Waals surface area contributed by atoms with Crippen LogP contribution in [-0.4, -0.2) is 60.9 Å². The fourth-order valence-corrected chi connectivity index (χ4v) is 5.38. The third-order valence-corrected chi connectivity index (χ3v) is 8.06. The molecular weight excluding hydrogens is 606 g/mol. The van der Waals surface area contributed by atoms with Crippen molar-refractivity contribution < 1.29 is 9.47 Å². The van der Waals surface area contributed by atoms with Gasteiger partial charge in [0.25, 0.3) is 0 Å². The summed E-state index contributed by atoms with van der Waals surface area (Å²) in [5, 5.41) is 8.34. The van der Waals surface area contributed by atoms with E-state index in [1.165, 1.54) is 38.5 Å². The maximum atomic E-state index is 5.81. The first kappa shape index (κ1) is 37.7. The summed E-state index contributed by atoms with van der Waals surface area (Å²) in [6.07, 6.45) is 12.6. The Hall–Kier alpha value is -0.320. The number of aromatic nitrogens is 2. The molecule has 2 aromatic heterocycles. The predicted octanol–water partition coefficient (Wildman–Crippen LogP) is 7.77. The van der Waals surface area contributed by atoms with Crippen LogP contribution < -0.4 is 20.1 Å². The van der Waals surface area contributed by atoms with E-state index < -0.39 is 0 Å². The summed E-state index contributed by atoms with van der Waals surface area (Å²) in [4.78, 5) is 8.26. The number of hydrogen-bond acceptors (Lipinski definition) is 8. The van der Waals surface area contributed by atoms with E-state index in [1.807, 2.05) is 33.7 Å². The molecule has 2 aromatic rings. The molecule has 0 aromatic carbocycles. The van der Waals surface area contributed by atoms with E-state index in [0.717, 1.165) is 50.5 Å². The Morgan fingerprint density at radius 1 is 0.579 bits per heavy atom. The largest absolute Gasteiger partial charge is 0.478 e. The fourth-order valence-electron chi connectivity index (χ4n) is 3.26. The smallest absolute Gasteiger partial charge is 0.213 e. The molecule has 0 radical (unpaired) electrons. The quantitative estimate of drug-likeness (QED) is 0.0937. The van der Waals surface area contributed by atoms with Crippen molar-refractivity contribution in [2.75, 3.05) is 50.9 Å². The Morgan fingerprint density at radius 3 is 1.39 bits per heavy atom. The topological polar surface area (TPSA) is 68.3 Å². The molecule has 2 rings (SSSR count). The van der Waals surface area contributed by atoms with Crippen LogP contribution in [0.25, 0.3) is 0 Å². The zero-order chi connectivity index (χ0) is 25.5. The van der Waals surface area contributed by atoms with Gasteiger partial charge in [0, 0.05) is 49.1 Å². The molecular formula is C26H42Cl4N4O2S2. The summed E-state index contributed by atoms with van der Waals surface area (Å²) in [5.74, 6) is 3.60. The molecule has 0 unspecified atom stereocenters. The van der Waals surface area contributed by atoms with Crippen LogP contribution in [0.1, 0.15) is 51.4 Å². The number of ether oxygens (including phenoxy) is 2. The third kappa shape index (κ3) is 21.5. The van der Waals surface area contributed by atoms with Crippen molar-refractivity contribution in [3.05, 3.63) is 46.7 Å². The first-order valence-electron chi connectivity index (χ1n) is 12.9. The maximum absolute atomic E-state index is 5.81.